The van der Waals surface area contributed by atoms with Crippen molar-refractivity contribution < 1.29 is 28.5 Å². The van der Waals surface area contributed by atoms with Gasteiger partial charge in [-0.05, 0) is 38.1 Å². The number of ether oxygens (including phenoxy) is 4. The first-order valence-corrected chi connectivity index (χ1v) is 14.6. The van der Waals surface area contributed by atoms with E-state index in [0.29, 0.717) is 42.8 Å². The molecule has 12 nitrogen and oxygen atoms in total. The van der Waals surface area contributed by atoms with Crippen LogP contribution < -0.4 is 29.8 Å². The molecule has 0 unspecified atom stereocenters. The Morgan fingerprint density at radius 1 is 0.756 bits per heavy atom. The molecule has 41 heavy (non-hydrogen) atoms. The predicted molar refractivity (Wildman–Crippen MR) is 161 cm³/mol. The molecule has 0 aliphatic carbocycles. The minimum absolute atomic E-state index is 0.309. The Labute approximate surface area is 250 Å². The molecule has 0 fully saturated rings. The van der Waals surface area contributed by atoms with Crippen LogP contribution in [0.1, 0.15) is 25.0 Å². The van der Waals surface area contributed by atoms with Gasteiger partial charge in [-0.3, -0.25) is 9.59 Å². The van der Waals surface area contributed by atoms with E-state index >= 15 is 0 Å². The SMILES string of the molecule is COc1cccc(C=NNC(=O)[C@H](C)Sc2nnc(S[C@@H](C)C(=O)NN=Cc3cccc(OC)c3OC)s2)c1OC. The Bertz CT molecular complexity index is 1300. The maximum absolute atomic E-state index is 12.5. The van der Waals surface area contributed by atoms with Crippen LogP contribution in [0.3, 0.4) is 0 Å². The average Bonchev–Trinajstić information content (AvgIpc) is 3.42. The van der Waals surface area contributed by atoms with Gasteiger partial charge >= 0.3 is 0 Å². The Morgan fingerprint density at radius 3 is 1.54 bits per heavy atom. The number of aromatic nitrogens is 2. The van der Waals surface area contributed by atoms with Crippen LogP contribution in [-0.2, 0) is 9.59 Å². The van der Waals surface area contributed by atoms with Crippen LogP contribution in [-0.4, -0.2) is 73.4 Å². The minimum atomic E-state index is -0.492. The standard InChI is InChI=1S/C26H30N6O6S3/c1-15(23(33)29-27-13-17-9-7-11-19(35-3)21(17)37-5)39-25-31-32-26(41-25)40-16(2)24(34)30-28-14-18-10-8-12-20(36-4)22(18)38-6/h7-16H,1-6H3,(H,29,33)(H,30,34)/t15-,16-/m0/s1. The molecule has 1 heterocycles. The van der Waals surface area contributed by atoms with Crippen LogP contribution in [0, 0.1) is 0 Å². The van der Waals surface area contributed by atoms with Crippen LogP contribution >= 0.6 is 34.9 Å². The molecule has 1 aromatic heterocycles. The largest absolute Gasteiger partial charge is 0.493 e. The van der Waals surface area contributed by atoms with Crippen LogP contribution in [0.2, 0.25) is 0 Å². The van der Waals surface area contributed by atoms with Crippen LogP contribution in [0.4, 0.5) is 0 Å². The first-order chi connectivity index (χ1) is 19.8. The number of nitrogens with one attached hydrogen (secondary N) is 2. The molecule has 15 heteroatoms. The number of rotatable bonds is 14. The number of methoxy groups -OCH3 is 4. The van der Waals surface area contributed by atoms with Crippen LogP contribution in [0.5, 0.6) is 23.0 Å². The summed E-state index contributed by atoms with van der Waals surface area (Å²) >= 11 is 3.77. The molecule has 0 bridgehead atoms. The fraction of sp³-hybridized carbons (Fsp3) is 0.308. The number of para-hydroxylation sites is 2. The van der Waals surface area contributed by atoms with Gasteiger partial charge in [0.05, 0.1) is 51.4 Å². The van der Waals surface area contributed by atoms with Gasteiger partial charge in [-0.15, -0.1) is 10.2 Å². The third-order valence-electron chi connectivity index (χ3n) is 5.31. The third kappa shape index (κ3) is 8.83. The van der Waals surface area contributed by atoms with E-state index in [1.165, 1.54) is 61.5 Å². The predicted octanol–water partition coefficient (Wildman–Crippen LogP) is 3.83. The van der Waals surface area contributed by atoms with Crippen molar-refractivity contribution in [1.82, 2.24) is 21.0 Å². The molecular weight excluding hydrogens is 589 g/mol. The minimum Gasteiger partial charge on any atom is -0.493 e. The summed E-state index contributed by atoms with van der Waals surface area (Å²) in [4.78, 5) is 25.1. The fourth-order valence-electron chi connectivity index (χ4n) is 3.24. The number of benzene rings is 2. The molecule has 0 aliphatic rings. The first-order valence-electron chi connectivity index (χ1n) is 12.1. The monoisotopic (exact) mass is 618 g/mol. The summed E-state index contributed by atoms with van der Waals surface area (Å²) in [7, 11) is 6.15. The topological polar surface area (TPSA) is 146 Å². The summed E-state index contributed by atoms with van der Waals surface area (Å²) in [5, 5.41) is 15.4. The van der Waals surface area contributed by atoms with Crippen LogP contribution in [0.25, 0.3) is 0 Å². The molecule has 3 rings (SSSR count). The van der Waals surface area contributed by atoms with E-state index in [0.717, 1.165) is 0 Å². The maximum atomic E-state index is 12.5. The highest BCUT2D eigenvalue weighted by atomic mass is 32.2. The Kier molecular flexibility index (Phi) is 12.2. The number of amides is 2. The van der Waals surface area contributed by atoms with Gasteiger partial charge in [0.1, 0.15) is 0 Å². The number of carbonyl (C=O) groups excluding carboxylic acids is 2. The van der Waals surface area contributed by atoms with Gasteiger partial charge in [0.2, 0.25) is 0 Å². The average molecular weight is 619 g/mol. The summed E-state index contributed by atoms with van der Waals surface area (Å²) in [6.07, 6.45) is 2.97. The molecule has 2 amide bonds. The number of hydrazone groups is 2. The molecule has 0 saturated heterocycles. The lowest BCUT2D eigenvalue weighted by molar-refractivity contribution is -0.121. The Balaban J connectivity index is 1.49. The van der Waals surface area contributed by atoms with Crippen molar-refractivity contribution in [3.8, 4) is 23.0 Å². The molecule has 0 aliphatic heterocycles. The van der Waals surface area contributed by atoms with Gasteiger partial charge in [0, 0.05) is 11.1 Å². The highest BCUT2D eigenvalue weighted by molar-refractivity contribution is 8.04. The molecule has 0 saturated carbocycles. The fourth-order valence-corrected chi connectivity index (χ4v) is 6.54. The highest BCUT2D eigenvalue weighted by Crippen LogP contribution is 2.33. The summed E-state index contributed by atoms with van der Waals surface area (Å²) in [5.74, 6) is 1.53. The Morgan fingerprint density at radius 2 is 1.17 bits per heavy atom. The summed E-state index contributed by atoms with van der Waals surface area (Å²) < 4.78 is 22.4. The molecule has 0 radical (unpaired) electrons. The van der Waals surface area contributed by atoms with E-state index in [4.69, 9.17) is 18.9 Å². The van der Waals surface area contributed by atoms with Gasteiger partial charge in [-0.25, -0.2) is 10.9 Å². The lowest BCUT2D eigenvalue weighted by Gasteiger charge is -2.10. The first kappa shape index (κ1) is 31.7. The number of thioether (sulfide) groups is 2. The van der Waals surface area contributed by atoms with Crippen molar-refractivity contribution in [2.45, 2.75) is 33.0 Å². The molecule has 218 valence electrons. The van der Waals surface area contributed by atoms with Gasteiger partial charge in [0.25, 0.3) is 11.8 Å². The van der Waals surface area contributed by atoms with Crippen molar-refractivity contribution >= 4 is 59.1 Å². The van der Waals surface area contributed by atoms with Crippen molar-refractivity contribution in [1.29, 1.82) is 0 Å². The lowest BCUT2D eigenvalue weighted by atomic mass is 10.2. The quantitative estimate of drug-likeness (QED) is 0.155. The third-order valence-corrected chi connectivity index (χ3v) is 8.60. The van der Waals surface area contributed by atoms with E-state index < -0.39 is 10.5 Å². The van der Waals surface area contributed by atoms with Crippen molar-refractivity contribution in [3.63, 3.8) is 0 Å². The van der Waals surface area contributed by atoms with Crippen LogP contribution in [0.15, 0.2) is 55.3 Å². The second-order valence-corrected chi connectivity index (χ2v) is 12.1. The van der Waals surface area contributed by atoms with Crippen molar-refractivity contribution in [2.24, 2.45) is 10.2 Å². The Hall–Kier alpha value is -3.82. The zero-order valence-corrected chi connectivity index (χ0v) is 25.7. The number of carbonyl (C=O) groups is 2. The van der Waals surface area contributed by atoms with Gasteiger partial charge in [-0.2, -0.15) is 10.2 Å². The van der Waals surface area contributed by atoms with E-state index in [-0.39, 0.29) is 11.8 Å². The maximum Gasteiger partial charge on any atom is 0.253 e. The smallest absolute Gasteiger partial charge is 0.253 e. The normalized spacial score (nSPS) is 12.6. The molecule has 2 N–H and O–H groups in total. The summed E-state index contributed by atoms with van der Waals surface area (Å²) in [6.45, 7) is 3.47. The molecular formula is C26H30N6O6S3. The number of nitrogens with zero attached hydrogens (tertiary/aromatic N) is 4. The molecule has 3 aromatic rings. The van der Waals surface area contributed by atoms with Crippen molar-refractivity contribution in [2.75, 3.05) is 28.4 Å². The van der Waals surface area contributed by atoms with Crippen molar-refractivity contribution in [3.05, 3.63) is 47.5 Å². The van der Waals surface area contributed by atoms with E-state index in [2.05, 4.69) is 31.3 Å². The highest BCUT2D eigenvalue weighted by Gasteiger charge is 2.20. The van der Waals surface area contributed by atoms with E-state index in [9.17, 15) is 9.59 Å². The number of hydrogen-bond acceptors (Lipinski definition) is 13. The van der Waals surface area contributed by atoms with Gasteiger partial charge in [-0.1, -0.05) is 47.0 Å². The summed E-state index contributed by atoms with van der Waals surface area (Å²) in [6, 6.07) is 10.7. The lowest BCUT2D eigenvalue weighted by Crippen LogP contribution is -2.26. The van der Waals surface area contributed by atoms with Gasteiger partial charge < -0.3 is 18.9 Å². The summed E-state index contributed by atoms with van der Waals surface area (Å²) in [5.41, 5.74) is 6.35. The molecule has 0 spiro atoms. The molecule has 2 atom stereocenters. The zero-order chi connectivity index (χ0) is 29.8. The van der Waals surface area contributed by atoms with E-state index in [1.807, 2.05) is 0 Å². The molecule has 2 aromatic carbocycles. The zero-order valence-electron chi connectivity index (χ0n) is 23.2. The van der Waals surface area contributed by atoms with E-state index in [1.54, 1.807) is 64.5 Å². The second-order valence-electron chi connectivity index (χ2n) is 7.99. The number of hydrogen-bond donors (Lipinski definition) is 2. The second kappa shape index (κ2) is 15.8. The van der Waals surface area contributed by atoms with Gasteiger partial charge in [0.15, 0.2) is 31.7 Å².